The smallest absolute Gasteiger partial charge is 0.256 e. The molecule has 3 heterocycles. The number of fused-ring (bicyclic) bond motifs is 1. The standard InChI is InChI=1S/C23H20FN9OS/c1-13-10-14(2)32-22(25-13)27-23(29-32)35-12-16-6-4-5-7-18(16)21(34)26-20-11-17(8-9-19(20)24)33-15(3)28-30-31-33/h4-11H,12H2,1-3H3,(H,26,34). The van der Waals surface area contributed by atoms with E-state index in [9.17, 15) is 9.18 Å². The molecule has 12 heteroatoms. The molecule has 5 aromatic rings. The molecule has 0 saturated heterocycles. The molecule has 176 valence electrons. The fourth-order valence-corrected chi connectivity index (χ4v) is 4.44. The third-order valence-corrected chi connectivity index (χ3v) is 6.17. The molecule has 0 spiro atoms. The predicted octanol–water partition coefficient (Wildman–Crippen LogP) is 3.71. The Balaban J connectivity index is 1.36. The summed E-state index contributed by atoms with van der Waals surface area (Å²) in [4.78, 5) is 22.0. The van der Waals surface area contributed by atoms with Crippen molar-refractivity contribution in [2.24, 2.45) is 0 Å². The molecule has 3 aromatic heterocycles. The van der Waals surface area contributed by atoms with Crippen LogP contribution in [0.5, 0.6) is 0 Å². The Morgan fingerprint density at radius 2 is 1.91 bits per heavy atom. The number of rotatable bonds is 6. The molecular weight excluding hydrogens is 469 g/mol. The van der Waals surface area contributed by atoms with Crippen molar-refractivity contribution >= 4 is 29.1 Å². The van der Waals surface area contributed by atoms with Crippen molar-refractivity contribution in [2.45, 2.75) is 31.7 Å². The van der Waals surface area contributed by atoms with Crippen molar-refractivity contribution in [1.82, 2.24) is 39.8 Å². The first-order valence-corrected chi connectivity index (χ1v) is 11.7. The van der Waals surface area contributed by atoms with Gasteiger partial charge in [-0.25, -0.2) is 13.9 Å². The van der Waals surface area contributed by atoms with Gasteiger partial charge in [0.2, 0.25) is 5.16 Å². The summed E-state index contributed by atoms with van der Waals surface area (Å²) < 4.78 is 17.7. The van der Waals surface area contributed by atoms with Crippen LogP contribution in [0.2, 0.25) is 0 Å². The van der Waals surface area contributed by atoms with Crippen LogP contribution in [-0.2, 0) is 5.75 Å². The second-order valence-corrected chi connectivity index (χ2v) is 8.79. The first-order chi connectivity index (χ1) is 16.9. The van der Waals surface area contributed by atoms with E-state index in [1.165, 1.54) is 28.6 Å². The molecule has 10 nitrogen and oxygen atoms in total. The summed E-state index contributed by atoms with van der Waals surface area (Å²) in [5, 5.41) is 19.1. The van der Waals surface area contributed by atoms with Gasteiger partial charge in [0.25, 0.3) is 11.7 Å². The minimum atomic E-state index is -0.563. The van der Waals surface area contributed by atoms with Gasteiger partial charge in [0, 0.05) is 22.7 Å². The van der Waals surface area contributed by atoms with Gasteiger partial charge in [-0.2, -0.15) is 9.67 Å². The number of carbonyl (C=O) groups excluding carboxylic acids is 1. The van der Waals surface area contributed by atoms with E-state index in [-0.39, 0.29) is 5.69 Å². The maximum atomic E-state index is 14.5. The average Bonchev–Trinajstić information content (AvgIpc) is 3.45. The zero-order chi connectivity index (χ0) is 24.5. The number of benzene rings is 2. The first-order valence-electron chi connectivity index (χ1n) is 10.7. The number of thioether (sulfide) groups is 1. The lowest BCUT2D eigenvalue weighted by Crippen LogP contribution is -2.15. The monoisotopic (exact) mass is 489 g/mol. The van der Waals surface area contributed by atoms with Gasteiger partial charge in [0.1, 0.15) is 5.82 Å². The van der Waals surface area contributed by atoms with E-state index >= 15 is 0 Å². The Morgan fingerprint density at radius 1 is 1.09 bits per heavy atom. The summed E-state index contributed by atoms with van der Waals surface area (Å²) in [6.45, 7) is 5.58. The van der Waals surface area contributed by atoms with Gasteiger partial charge in [0.15, 0.2) is 5.82 Å². The number of halogens is 1. The summed E-state index contributed by atoms with van der Waals surface area (Å²) >= 11 is 1.39. The van der Waals surface area contributed by atoms with Gasteiger partial charge in [-0.15, -0.1) is 10.2 Å². The lowest BCUT2D eigenvalue weighted by Gasteiger charge is -2.11. The summed E-state index contributed by atoms with van der Waals surface area (Å²) in [7, 11) is 0. The zero-order valence-corrected chi connectivity index (χ0v) is 19.9. The maximum absolute atomic E-state index is 14.5. The van der Waals surface area contributed by atoms with E-state index in [4.69, 9.17) is 0 Å². The molecule has 0 unspecified atom stereocenters. The summed E-state index contributed by atoms with van der Waals surface area (Å²) in [6.07, 6.45) is 0. The van der Waals surface area contributed by atoms with E-state index in [0.717, 1.165) is 17.0 Å². The molecule has 0 atom stereocenters. The van der Waals surface area contributed by atoms with Crippen molar-refractivity contribution in [2.75, 3.05) is 5.32 Å². The molecule has 0 radical (unpaired) electrons. The predicted molar refractivity (Wildman–Crippen MR) is 128 cm³/mol. The molecule has 0 aliphatic carbocycles. The summed E-state index contributed by atoms with van der Waals surface area (Å²) in [5.41, 5.74) is 3.56. The quantitative estimate of drug-likeness (QED) is 0.359. The van der Waals surface area contributed by atoms with Crippen LogP contribution in [0.3, 0.4) is 0 Å². The fraction of sp³-hybridized carbons (Fsp3) is 0.174. The number of nitrogens with zero attached hydrogens (tertiary/aromatic N) is 8. The number of aryl methyl sites for hydroxylation is 3. The Bertz CT molecular complexity index is 1560. The molecule has 1 N–H and O–H groups in total. The number of carbonyl (C=O) groups is 1. The van der Waals surface area contributed by atoms with Gasteiger partial charge in [-0.1, -0.05) is 30.0 Å². The van der Waals surface area contributed by atoms with Crippen LogP contribution < -0.4 is 5.32 Å². The van der Waals surface area contributed by atoms with Gasteiger partial charge >= 0.3 is 0 Å². The van der Waals surface area contributed by atoms with Gasteiger partial charge in [-0.05, 0) is 67.1 Å². The van der Waals surface area contributed by atoms with Crippen molar-refractivity contribution in [3.05, 3.63) is 82.7 Å². The van der Waals surface area contributed by atoms with Crippen LogP contribution >= 0.6 is 11.8 Å². The SMILES string of the molecule is Cc1cc(C)n2nc(SCc3ccccc3C(=O)Nc3cc(-n4nnnc4C)ccc3F)nc2n1. The van der Waals surface area contributed by atoms with Gasteiger partial charge in [0.05, 0.1) is 11.4 Å². The van der Waals surface area contributed by atoms with Crippen molar-refractivity contribution in [1.29, 1.82) is 0 Å². The normalized spacial score (nSPS) is 11.2. The first kappa shape index (κ1) is 22.6. The average molecular weight is 490 g/mol. The fourth-order valence-electron chi connectivity index (χ4n) is 3.62. The Labute approximate surface area is 203 Å². The Morgan fingerprint density at radius 3 is 2.71 bits per heavy atom. The van der Waals surface area contributed by atoms with Crippen molar-refractivity contribution < 1.29 is 9.18 Å². The van der Waals surface area contributed by atoms with Gasteiger partial charge in [-0.3, -0.25) is 4.79 Å². The van der Waals surface area contributed by atoms with Crippen LogP contribution in [0.4, 0.5) is 10.1 Å². The van der Waals surface area contributed by atoms with Crippen LogP contribution in [0.1, 0.15) is 33.1 Å². The number of nitrogens with one attached hydrogen (secondary N) is 1. The highest BCUT2D eigenvalue weighted by atomic mass is 32.2. The molecule has 35 heavy (non-hydrogen) atoms. The second-order valence-electron chi connectivity index (χ2n) is 7.85. The molecule has 0 aliphatic rings. The molecule has 2 aromatic carbocycles. The topological polar surface area (TPSA) is 116 Å². The van der Waals surface area contributed by atoms with Gasteiger partial charge < -0.3 is 5.32 Å². The lowest BCUT2D eigenvalue weighted by molar-refractivity contribution is 0.102. The minimum absolute atomic E-state index is 0.0313. The van der Waals surface area contributed by atoms with Crippen LogP contribution in [0.25, 0.3) is 11.5 Å². The number of aromatic nitrogens is 8. The molecule has 1 amide bonds. The molecule has 0 saturated carbocycles. The summed E-state index contributed by atoms with van der Waals surface area (Å²) in [5.74, 6) is 0.528. The molecular formula is C23H20FN9OS. The maximum Gasteiger partial charge on any atom is 0.256 e. The van der Waals surface area contributed by atoms with E-state index < -0.39 is 11.7 Å². The highest BCUT2D eigenvalue weighted by Crippen LogP contribution is 2.25. The third-order valence-electron chi connectivity index (χ3n) is 5.29. The lowest BCUT2D eigenvalue weighted by atomic mass is 10.1. The number of anilines is 1. The molecule has 0 aliphatic heterocycles. The number of tetrazole rings is 1. The van der Waals surface area contributed by atoms with E-state index in [2.05, 4.69) is 35.9 Å². The highest BCUT2D eigenvalue weighted by Gasteiger charge is 2.16. The van der Waals surface area contributed by atoms with Crippen molar-refractivity contribution in [3.8, 4) is 5.69 Å². The number of amides is 1. The van der Waals surface area contributed by atoms with Crippen LogP contribution in [-0.4, -0.2) is 45.7 Å². The van der Waals surface area contributed by atoms with E-state index in [1.807, 2.05) is 32.0 Å². The largest absolute Gasteiger partial charge is 0.319 e. The van der Waals surface area contributed by atoms with E-state index in [1.54, 1.807) is 29.6 Å². The Kier molecular flexibility index (Phi) is 5.95. The Hall–Kier alpha value is -4.19. The summed E-state index contributed by atoms with van der Waals surface area (Å²) in [6, 6.07) is 13.4. The third kappa shape index (κ3) is 4.60. The van der Waals surface area contributed by atoms with Crippen LogP contribution in [0.15, 0.2) is 53.7 Å². The number of hydrogen-bond donors (Lipinski definition) is 1. The van der Waals surface area contributed by atoms with Crippen LogP contribution in [0, 0.1) is 26.6 Å². The van der Waals surface area contributed by atoms with Crippen molar-refractivity contribution in [3.63, 3.8) is 0 Å². The highest BCUT2D eigenvalue weighted by molar-refractivity contribution is 7.98. The minimum Gasteiger partial charge on any atom is -0.319 e. The molecule has 5 rings (SSSR count). The molecule has 0 fully saturated rings. The zero-order valence-electron chi connectivity index (χ0n) is 19.1. The second kappa shape index (κ2) is 9.22. The molecule has 0 bridgehead atoms. The van der Waals surface area contributed by atoms with E-state index in [0.29, 0.717) is 33.8 Å². The number of hydrogen-bond acceptors (Lipinski definition) is 8.